The Bertz CT molecular complexity index is 777. The molecular weight excluding hydrogens is 294 g/mol. The highest BCUT2D eigenvalue weighted by Gasteiger charge is 2.14. The van der Waals surface area contributed by atoms with Gasteiger partial charge in [0.05, 0.1) is 12.3 Å². The summed E-state index contributed by atoms with van der Waals surface area (Å²) in [4.78, 5) is 13.3. The lowest BCUT2D eigenvalue weighted by molar-refractivity contribution is -0.122. The van der Waals surface area contributed by atoms with Gasteiger partial charge in [-0.15, -0.1) is 10.2 Å². The number of aryl methyl sites for hydroxylation is 1. The van der Waals surface area contributed by atoms with E-state index in [2.05, 4.69) is 20.7 Å². The van der Waals surface area contributed by atoms with Crippen LogP contribution in [0.2, 0.25) is 0 Å². The molecule has 0 aliphatic heterocycles. The van der Waals surface area contributed by atoms with Crippen LogP contribution in [0.15, 0.2) is 47.1 Å². The molecule has 0 unspecified atom stereocenters. The second-order valence-electron chi connectivity index (χ2n) is 5.31. The molecule has 1 amide bonds. The summed E-state index contributed by atoms with van der Waals surface area (Å²) in [5.74, 6) is 0.990. The van der Waals surface area contributed by atoms with Crippen LogP contribution in [0.5, 0.6) is 0 Å². The third-order valence-corrected chi connectivity index (χ3v) is 3.40. The van der Waals surface area contributed by atoms with Crippen molar-refractivity contribution in [2.75, 3.05) is 0 Å². The zero-order valence-corrected chi connectivity index (χ0v) is 12.9. The van der Waals surface area contributed by atoms with E-state index in [4.69, 9.17) is 4.42 Å². The van der Waals surface area contributed by atoms with Crippen molar-refractivity contribution in [2.45, 2.75) is 26.4 Å². The van der Waals surface area contributed by atoms with Gasteiger partial charge in [0.2, 0.25) is 11.7 Å². The Morgan fingerprint density at radius 1 is 1.30 bits per heavy atom. The maximum atomic E-state index is 12.0. The molecule has 0 radical (unpaired) electrons. The smallest absolute Gasteiger partial charge is 0.244 e. The lowest BCUT2D eigenvalue weighted by atomic mass is 10.1. The van der Waals surface area contributed by atoms with E-state index < -0.39 is 0 Å². The molecule has 1 aromatic carbocycles. The van der Waals surface area contributed by atoms with Crippen molar-refractivity contribution >= 4 is 5.91 Å². The first kappa shape index (κ1) is 15.0. The number of carbonyl (C=O) groups is 1. The third-order valence-electron chi connectivity index (χ3n) is 3.40. The first-order valence-corrected chi connectivity index (χ1v) is 7.29. The average molecular weight is 311 g/mol. The van der Waals surface area contributed by atoms with E-state index in [-0.39, 0.29) is 18.5 Å². The predicted molar refractivity (Wildman–Crippen MR) is 83.3 cm³/mol. The Labute approximate surface area is 133 Å². The Morgan fingerprint density at radius 3 is 2.78 bits per heavy atom. The maximum Gasteiger partial charge on any atom is 0.244 e. The summed E-state index contributed by atoms with van der Waals surface area (Å²) >= 11 is 0. The molecule has 3 aromatic rings. The molecule has 118 valence electrons. The normalized spacial score (nSPS) is 12.1. The van der Waals surface area contributed by atoms with Gasteiger partial charge in [-0.25, -0.2) is 0 Å². The van der Waals surface area contributed by atoms with Crippen LogP contribution in [0, 0.1) is 6.92 Å². The number of benzene rings is 1. The first-order valence-electron chi connectivity index (χ1n) is 7.29. The Balaban J connectivity index is 1.62. The zero-order chi connectivity index (χ0) is 16.2. The topological polar surface area (TPSA) is 85.8 Å². The van der Waals surface area contributed by atoms with E-state index in [0.29, 0.717) is 11.6 Å². The molecule has 0 saturated carbocycles. The number of carbonyl (C=O) groups excluding carboxylic acids is 1. The molecule has 23 heavy (non-hydrogen) atoms. The fourth-order valence-electron chi connectivity index (χ4n) is 2.15. The molecule has 0 bridgehead atoms. The highest BCUT2D eigenvalue weighted by molar-refractivity contribution is 5.75. The Kier molecular flexibility index (Phi) is 4.18. The lowest BCUT2D eigenvalue weighted by Crippen LogP contribution is -2.30. The summed E-state index contributed by atoms with van der Waals surface area (Å²) in [7, 11) is 0. The van der Waals surface area contributed by atoms with Crippen LogP contribution in [-0.2, 0) is 11.3 Å². The van der Waals surface area contributed by atoms with Gasteiger partial charge in [-0.2, -0.15) is 4.80 Å². The summed E-state index contributed by atoms with van der Waals surface area (Å²) in [6.07, 6.45) is 1.57. The minimum Gasteiger partial charge on any atom is -0.467 e. The SMILES string of the molecule is Cc1ccc(-c2nnn(CC(=O)N[C@@H](C)c3ccco3)n2)cc1. The molecule has 3 rings (SSSR count). The molecule has 1 N–H and O–H groups in total. The van der Waals surface area contributed by atoms with Gasteiger partial charge in [0, 0.05) is 5.56 Å². The second-order valence-corrected chi connectivity index (χ2v) is 5.31. The third kappa shape index (κ3) is 3.63. The van der Waals surface area contributed by atoms with Gasteiger partial charge in [-0.05, 0) is 31.2 Å². The van der Waals surface area contributed by atoms with Crippen molar-refractivity contribution < 1.29 is 9.21 Å². The largest absolute Gasteiger partial charge is 0.467 e. The van der Waals surface area contributed by atoms with Crippen LogP contribution in [0.25, 0.3) is 11.4 Å². The number of hydrogen-bond donors (Lipinski definition) is 1. The molecule has 0 saturated heterocycles. The van der Waals surface area contributed by atoms with Crippen LogP contribution in [0.3, 0.4) is 0 Å². The van der Waals surface area contributed by atoms with Crippen molar-refractivity contribution in [3.05, 3.63) is 54.0 Å². The lowest BCUT2D eigenvalue weighted by Gasteiger charge is -2.10. The monoisotopic (exact) mass is 311 g/mol. The first-order chi connectivity index (χ1) is 11.1. The van der Waals surface area contributed by atoms with E-state index in [1.165, 1.54) is 4.80 Å². The second kappa shape index (κ2) is 6.43. The fourth-order valence-corrected chi connectivity index (χ4v) is 2.15. The van der Waals surface area contributed by atoms with Gasteiger partial charge in [0.15, 0.2) is 0 Å². The van der Waals surface area contributed by atoms with Gasteiger partial charge in [-0.3, -0.25) is 4.79 Å². The number of nitrogens with one attached hydrogen (secondary N) is 1. The van der Waals surface area contributed by atoms with Crippen molar-refractivity contribution in [2.24, 2.45) is 0 Å². The molecule has 2 heterocycles. The number of tetrazole rings is 1. The van der Waals surface area contributed by atoms with E-state index in [1.807, 2.05) is 44.2 Å². The molecular formula is C16H17N5O2. The molecule has 0 aliphatic rings. The number of rotatable bonds is 5. The van der Waals surface area contributed by atoms with Crippen LogP contribution in [-0.4, -0.2) is 26.1 Å². The van der Waals surface area contributed by atoms with E-state index in [1.54, 1.807) is 12.3 Å². The zero-order valence-electron chi connectivity index (χ0n) is 12.9. The molecule has 7 nitrogen and oxygen atoms in total. The van der Waals surface area contributed by atoms with Crippen molar-refractivity contribution in [1.82, 2.24) is 25.5 Å². The quantitative estimate of drug-likeness (QED) is 0.780. The highest BCUT2D eigenvalue weighted by Crippen LogP contribution is 2.14. The Hall–Kier alpha value is -2.96. The minimum absolute atomic E-state index is 0.00388. The number of amides is 1. The molecule has 1 atom stereocenters. The molecule has 0 fully saturated rings. The Morgan fingerprint density at radius 2 is 2.09 bits per heavy atom. The minimum atomic E-state index is -0.211. The molecule has 0 spiro atoms. The van der Waals surface area contributed by atoms with Crippen LogP contribution in [0.1, 0.15) is 24.3 Å². The fraction of sp³-hybridized carbons (Fsp3) is 0.250. The van der Waals surface area contributed by atoms with Gasteiger partial charge in [0.1, 0.15) is 12.3 Å². The predicted octanol–water partition coefficient (Wildman–Crippen LogP) is 2.12. The summed E-state index contributed by atoms with van der Waals surface area (Å²) in [5, 5.41) is 15.0. The van der Waals surface area contributed by atoms with Gasteiger partial charge in [-0.1, -0.05) is 29.8 Å². The van der Waals surface area contributed by atoms with Crippen molar-refractivity contribution in [3.63, 3.8) is 0 Å². The summed E-state index contributed by atoms with van der Waals surface area (Å²) in [6.45, 7) is 3.87. The number of aromatic nitrogens is 4. The molecule has 2 aromatic heterocycles. The average Bonchev–Trinajstić information content (AvgIpc) is 3.19. The van der Waals surface area contributed by atoms with E-state index >= 15 is 0 Å². The number of hydrogen-bond acceptors (Lipinski definition) is 5. The number of furan rings is 1. The van der Waals surface area contributed by atoms with Gasteiger partial charge < -0.3 is 9.73 Å². The summed E-state index contributed by atoms with van der Waals surface area (Å²) in [5.41, 5.74) is 2.03. The van der Waals surface area contributed by atoms with E-state index in [9.17, 15) is 4.79 Å². The molecule has 0 aliphatic carbocycles. The van der Waals surface area contributed by atoms with Crippen molar-refractivity contribution in [3.8, 4) is 11.4 Å². The van der Waals surface area contributed by atoms with Crippen LogP contribution < -0.4 is 5.32 Å². The number of nitrogens with zero attached hydrogens (tertiary/aromatic N) is 4. The maximum absolute atomic E-state index is 12.0. The van der Waals surface area contributed by atoms with E-state index in [0.717, 1.165) is 11.1 Å². The standard InChI is InChI=1S/C16H17N5O2/c1-11-5-7-13(8-6-11)16-18-20-21(19-16)10-15(22)17-12(2)14-4-3-9-23-14/h3-9,12H,10H2,1-2H3,(H,17,22)/t12-/m0/s1. The molecule has 7 heteroatoms. The summed E-state index contributed by atoms with van der Waals surface area (Å²) in [6, 6.07) is 11.2. The van der Waals surface area contributed by atoms with Crippen molar-refractivity contribution in [1.29, 1.82) is 0 Å². The highest BCUT2D eigenvalue weighted by atomic mass is 16.3. The van der Waals surface area contributed by atoms with Gasteiger partial charge >= 0.3 is 0 Å². The van der Waals surface area contributed by atoms with Gasteiger partial charge in [0.25, 0.3) is 0 Å². The summed E-state index contributed by atoms with van der Waals surface area (Å²) < 4.78 is 5.25. The van der Waals surface area contributed by atoms with Crippen LogP contribution >= 0.6 is 0 Å². The van der Waals surface area contributed by atoms with Crippen LogP contribution in [0.4, 0.5) is 0 Å².